The van der Waals surface area contributed by atoms with Crippen LogP contribution in [0, 0.1) is 11.8 Å². The monoisotopic (exact) mass is 280 g/mol. The summed E-state index contributed by atoms with van der Waals surface area (Å²) < 4.78 is 0. The molecular formula is C18H36N2. The minimum Gasteiger partial charge on any atom is -0.294 e. The fourth-order valence-corrected chi connectivity index (χ4v) is 2.43. The lowest BCUT2D eigenvalue weighted by atomic mass is 10.1. The SMILES string of the molecule is CC(CC(C)C)=NCCCCCCN=C(C)CC(C)C. The second-order valence-electron chi connectivity index (χ2n) is 6.84. The van der Waals surface area contributed by atoms with Crippen molar-refractivity contribution in [2.45, 2.75) is 80.1 Å². The van der Waals surface area contributed by atoms with Crippen LogP contribution in [-0.4, -0.2) is 24.5 Å². The highest BCUT2D eigenvalue weighted by Gasteiger charge is 1.97. The highest BCUT2D eigenvalue weighted by molar-refractivity contribution is 5.82. The Morgan fingerprint density at radius 1 is 0.650 bits per heavy atom. The third-order valence-electron chi connectivity index (χ3n) is 3.24. The molecule has 0 fully saturated rings. The molecule has 0 aliphatic rings. The number of aliphatic imine (C=N–C) groups is 2. The summed E-state index contributed by atoms with van der Waals surface area (Å²) in [4.78, 5) is 9.26. The Morgan fingerprint density at radius 3 is 1.30 bits per heavy atom. The molecule has 0 N–H and O–H groups in total. The van der Waals surface area contributed by atoms with Gasteiger partial charge in [-0.2, -0.15) is 0 Å². The van der Waals surface area contributed by atoms with Crippen LogP contribution in [0.4, 0.5) is 0 Å². The van der Waals surface area contributed by atoms with E-state index < -0.39 is 0 Å². The van der Waals surface area contributed by atoms with E-state index in [2.05, 4.69) is 51.5 Å². The summed E-state index contributed by atoms with van der Waals surface area (Å²) in [6, 6.07) is 0. The maximum absolute atomic E-state index is 4.63. The van der Waals surface area contributed by atoms with Gasteiger partial charge >= 0.3 is 0 Å². The molecule has 0 aliphatic heterocycles. The van der Waals surface area contributed by atoms with Crippen molar-refractivity contribution in [1.82, 2.24) is 0 Å². The van der Waals surface area contributed by atoms with Gasteiger partial charge in [0.25, 0.3) is 0 Å². The first-order valence-corrected chi connectivity index (χ1v) is 8.41. The van der Waals surface area contributed by atoms with Crippen molar-refractivity contribution in [3.63, 3.8) is 0 Å². The molecule has 0 unspecified atom stereocenters. The molecule has 2 nitrogen and oxygen atoms in total. The predicted octanol–water partition coefficient (Wildman–Crippen LogP) is 5.56. The molecule has 0 aromatic rings. The van der Waals surface area contributed by atoms with Crippen molar-refractivity contribution >= 4 is 11.4 Å². The molecule has 118 valence electrons. The molecular weight excluding hydrogens is 244 g/mol. The molecule has 0 saturated heterocycles. The first-order chi connectivity index (χ1) is 9.41. The fraction of sp³-hybridized carbons (Fsp3) is 0.889. The summed E-state index contributed by atoms with van der Waals surface area (Å²) in [6.07, 6.45) is 7.32. The van der Waals surface area contributed by atoms with Crippen LogP contribution < -0.4 is 0 Å². The van der Waals surface area contributed by atoms with E-state index in [4.69, 9.17) is 0 Å². The first-order valence-electron chi connectivity index (χ1n) is 8.41. The number of nitrogens with zero attached hydrogens (tertiary/aromatic N) is 2. The van der Waals surface area contributed by atoms with E-state index >= 15 is 0 Å². The zero-order chi connectivity index (χ0) is 15.4. The lowest BCUT2D eigenvalue weighted by molar-refractivity contribution is 0.644. The Bertz CT molecular complexity index is 258. The predicted molar refractivity (Wildman–Crippen MR) is 93.3 cm³/mol. The zero-order valence-electron chi connectivity index (χ0n) is 14.7. The lowest BCUT2D eigenvalue weighted by Crippen LogP contribution is -2.00. The Balaban J connectivity index is 3.49. The topological polar surface area (TPSA) is 24.7 Å². The van der Waals surface area contributed by atoms with Crippen LogP contribution in [0.15, 0.2) is 9.98 Å². The summed E-state index contributed by atoms with van der Waals surface area (Å²) in [7, 11) is 0. The normalized spacial score (nSPS) is 13.6. The smallest absolute Gasteiger partial charge is 0.0388 e. The van der Waals surface area contributed by atoms with E-state index in [1.54, 1.807) is 0 Å². The largest absolute Gasteiger partial charge is 0.294 e. The number of unbranched alkanes of at least 4 members (excludes halogenated alkanes) is 3. The summed E-state index contributed by atoms with van der Waals surface area (Å²) in [5, 5.41) is 0. The maximum atomic E-state index is 4.63. The van der Waals surface area contributed by atoms with Crippen molar-refractivity contribution in [2.24, 2.45) is 21.8 Å². The molecule has 0 aromatic carbocycles. The second-order valence-corrected chi connectivity index (χ2v) is 6.84. The van der Waals surface area contributed by atoms with Gasteiger partial charge < -0.3 is 0 Å². The molecule has 0 amide bonds. The lowest BCUT2D eigenvalue weighted by Gasteiger charge is -2.05. The number of hydrogen-bond donors (Lipinski definition) is 0. The van der Waals surface area contributed by atoms with Gasteiger partial charge in [-0.1, -0.05) is 40.5 Å². The third kappa shape index (κ3) is 13.8. The average Bonchev–Trinajstić information content (AvgIpc) is 2.30. The van der Waals surface area contributed by atoms with Gasteiger partial charge in [0.15, 0.2) is 0 Å². The molecule has 0 aliphatic carbocycles. The van der Waals surface area contributed by atoms with E-state index in [9.17, 15) is 0 Å². The Hall–Kier alpha value is -0.660. The first kappa shape index (κ1) is 19.3. The standard InChI is InChI=1S/C18H36N2/c1-15(2)13-17(5)19-11-9-7-8-10-12-20-18(6)14-16(3)4/h15-16H,7-14H2,1-6H3. The van der Waals surface area contributed by atoms with Crippen LogP contribution in [0.2, 0.25) is 0 Å². The average molecular weight is 280 g/mol. The minimum atomic E-state index is 0.727. The van der Waals surface area contributed by atoms with Crippen molar-refractivity contribution in [2.75, 3.05) is 13.1 Å². The number of rotatable bonds is 11. The Kier molecular flexibility index (Phi) is 11.7. The molecule has 0 bridgehead atoms. The third-order valence-corrected chi connectivity index (χ3v) is 3.24. The van der Waals surface area contributed by atoms with E-state index in [1.807, 2.05) is 0 Å². The highest BCUT2D eigenvalue weighted by atomic mass is 14.7. The molecule has 20 heavy (non-hydrogen) atoms. The summed E-state index contributed by atoms with van der Waals surface area (Å²) >= 11 is 0. The van der Waals surface area contributed by atoms with Crippen molar-refractivity contribution in [3.05, 3.63) is 0 Å². The van der Waals surface area contributed by atoms with Crippen molar-refractivity contribution in [3.8, 4) is 0 Å². The molecule has 0 radical (unpaired) electrons. The molecule has 0 saturated carbocycles. The molecule has 0 aromatic heterocycles. The van der Waals surface area contributed by atoms with E-state index in [-0.39, 0.29) is 0 Å². The summed E-state index contributed by atoms with van der Waals surface area (Å²) in [6.45, 7) is 15.3. The summed E-state index contributed by atoms with van der Waals surface area (Å²) in [5.41, 5.74) is 2.63. The molecule has 0 rings (SSSR count). The Labute approximate surface area is 127 Å². The summed E-state index contributed by atoms with van der Waals surface area (Å²) in [5.74, 6) is 1.45. The van der Waals surface area contributed by atoms with Crippen LogP contribution >= 0.6 is 0 Å². The Morgan fingerprint density at radius 2 is 1.00 bits per heavy atom. The van der Waals surface area contributed by atoms with E-state index in [0.29, 0.717) is 0 Å². The van der Waals surface area contributed by atoms with Crippen LogP contribution in [-0.2, 0) is 0 Å². The highest BCUT2D eigenvalue weighted by Crippen LogP contribution is 2.05. The zero-order valence-corrected chi connectivity index (χ0v) is 14.7. The molecule has 2 heteroatoms. The van der Waals surface area contributed by atoms with Gasteiger partial charge in [0, 0.05) is 24.5 Å². The van der Waals surface area contributed by atoms with Gasteiger partial charge in [0.1, 0.15) is 0 Å². The van der Waals surface area contributed by atoms with Crippen molar-refractivity contribution < 1.29 is 0 Å². The van der Waals surface area contributed by atoms with Crippen LogP contribution in [0.25, 0.3) is 0 Å². The quantitative estimate of drug-likeness (QED) is 0.349. The molecule has 0 spiro atoms. The van der Waals surface area contributed by atoms with Crippen LogP contribution in [0.3, 0.4) is 0 Å². The van der Waals surface area contributed by atoms with Crippen molar-refractivity contribution in [1.29, 1.82) is 0 Å². The van der Waals surface area contributed by atoms with E-state index in [1.165, 1.54) is 37.1 Å². The van der Waals surface area contributed by atoms with Gasteiger partial charge in [-0.15, -0.1) is 0 Å². The van der Waals surface area contributed by atoms with Gasteiger partial charge in [0.05, 0.1) is 0 Å². The second kappa shape index (κ2) is 12.1. The maximum Gasteiger partial charge on any atom is 0.0388 e. The van der Waals surface area contributed by atoms with Gasteiger partial charge in [-0.25, -0.2) is 0 Å². The molecule has 0 heterocycles. The van der Waals surface area contributed by atoms with Crippen LogP contribution in [0.5, 0.6) is 0 Å². The minimum absolute atomic E-state index is 0.727. The number of hydrogen-bond acceptors (Lipinski definition) is 2. The molecule has 0 atom stereocenters. The fourth-order valence-electron chi connectivity index (χ4n) is 2.43. The van der Waals surface area contributed by atoms with Gasteiger partial charge in [-0.3, -0.25) is 9.98 Å². The van der Waals surface area contributed by atoms with Gasteiger partial charge in [-0.05, 0) is 51.4 Å². The van der Waals surface area contributed by atoms with Gasteiger partial charge in [0.2, 0.25) is 0 Å². The van der Waals surface area contributed by atoms with Crippen LogP contribution in [0.1, 0.15) is 80.1 Å². The van der Waals surface area contributed by atoms with E-state index in [0.717, 1.165) is 37.8 Å².